The van der Waals surface area contributed by atoms with Crippen molar-refractivity contribution in [1.82, 2.24) is 0 Å². The van der Waals surface area contributed by atoms with Gasteiger partial charge in [0.15, 0.2) is 16.9 Å². The van der Waals surface area contributed by atoms with Crippen LogP contribution in [0.2, 0.25) is 0 Å². The molecule has 72 valence electrons. The van der Waals surface area contributed by atoms with Crippen LogP contribution in [0.1, 0.15) is 12.8 Å². The number of carbonyl (C=O) groups excluding carboxylic acids is 1. The van der Waals surface area contributed by atoms with Crippen LogP contribution in [0.15, 0.2) is 11.0 Å². The molecular weight excluding hydrogens is 196 g/mol. The monoisotopic (exact) mass is 204 g/mol. The normalized spacial score (nSPS) is 27.9. The van der Waals surface area contributed by atoms with Crippen molar-refractivity contribution in [2.24, 2.45) is 5.92 Å². The lowest BCUT2D eigenvalue weighted by Gasteiger charge is -2.02. The van der Waals surface area contributed by atoms with Gasteiger partial charge in [0.2, 0.25) is 0 Å². The van der Waals surface area contributed by atoms with E-state index in [2.05, 4.69) is 0 Å². The van der Waals surface area contributed by atoms with E-state index in [1.165, 1.54) is 0 Å². The van der Waals surface area contributed by atoms with Crippen molar-refractivity contribution in [3.05, 3.63) is 11.0 Å². The number of hydrogen-bond donors (Lipinski definition) is 2. The van der Waals surface area contributed by atoms with Gasteiger partial charge in [-0.15, -0.1) is 0 Å². The third-order valence-electron chi connectivity index (χ3n) is 1.88. The van der Waals surface area contributed by atoms with Gasteiger partial charge in [0.25, 0.3) is 0 Å². The molecule has 0 aromatic carbocycles. The van der Waals surface area contributed by atoms with E-state index in [-0.39, 0.29) is 24.2 Å². The largest absolute Gasteiger partial charge is 0.481 e. The molecule has 1 fully saturated rings. The Kier molecular flexibility index (Phi) is 2.94. The van der Waals surface area contributed by atoms with Crippen LogP contribution >= 0.6 is 0 Å². The fourth-order valence-corrected chi connectivity index (χ4v) is 1.80. The minimum absolute atomic E-state index is 0.0478. The second-order valence-corrected chi connectivity index (χ2v) is 3.49. The SMILES string of the molecule is O=C1CC[C@@H](C(=O)O)C1=CS(=O)O. The molecule has 2 atom stereocenters. The lowest BCUT2D eigenvalue weighted by Crippen LogP contribution is -2.13. The molecule has 0 aliphatic heterocycles. The first kappa shape index (κ1) is 10.1. The summed E-state index contributed by atoms with van der Waals surface area (Å²) in [7, 11) is 0. The lowest BCUT2D eigenvalue weighted by molar-refractivity contribution is -0.140. The van der Waals surface area contributed by atoms with E-state index >= 15 is 0 Å². The molecule has 1 rings (SSSR count). The van der Waals surface area contributed by atoms with Crippen molar-refractivity contribution in [1.29, 1.82) is 0 Å². The van der Waals surface area contributed by atoms with Crippen LogP contribution in [0.3, 0.4) is 0 Å². The van der Waals surface area contributed by atoms with Gasteiger partial charge < -0.3 is 9.66 Å². The fraction of sp³-hybridized carbons (Fsp3) is 0.429. The summed E-state index contributed by atoms with van der Waals surface area (Å²) in [6, 6.07) is 0. The van der Waals surface area contributed by atoms with Gasteiger partial charge in [0, 0.05) is 17.4 Å². The quantitative estimate of drug-likeness (QED) is 0.493. The predicted octanol–water partition coefficient (Wildman–Crippen LogP) is 0.156. The second kappa shape index (κ2) is 3.80. The summed E-state index contributed by atoms with van der Waals surface area (Å²) >= 11 is -2.26. The van der Waals surface area contributed by atoms with Crippen molar-refractivity contribution in [2.75, 3.05) is 0 Å². The third-order valence-corrected chi connectivity index (χ3v) is 2.34. The molecule has 0 bridgehead atoms. The first-order valence-corrected chi connectivity index (χ1v) is 4.76. The van der Waals surface area contributed by atoms with E-state index in [4.69, 9.17) is 9.66 Å². The number of carboxylic acids is 1. The highest BCUT2D eigenvalue weighted by atomic mass is 32.2. The van der Waals surface area contributed by atoms with Gasteiger partial charge >= 0.3 is 5.97 Å². The first-order chi connectivity index (χ1) is 6.02. The van der Waals surface area contributed by atoms with Gasteiger partial charge in [-0.3, -0.25) is 9.59 Å². The van der Waals surface area contributed by atoms with E-state index in [0.717, 1.165) is 5.41 Å². The molecule has 1 unspecified atom stereocenters. The Hall–Kier alpha value is -1.01. The van der Waals surface area contributed by atoms with Gasteiger partial charge in [-0.25, -0.2) is 4.21 Å². The zero-order valence-corrected chi connectivity index (χ0v) is 7.41. The average Bonchev–Trinajstić information content (AvgIpc) is 2.32. The molecule has 6 heteroatoms. The number of ketones is 1. The van der Waals surface area contributed by atoms with Crippen LogP contribution in [-0.2, 0) is 20.7 Å². The van der Waals surface area contributed by atoms with Crippen LogP contribution in [0, 0.1) is 5.92 Å². The van der Waals surface area contributed by atoms with Crippen LogP contribution in [0.5, 0.6) is 0 Å². The van der Waals surface area contributed by atoms with E-state index in [9.17, 15) is 13.8 Å². The molecule has 2 N–H and O–H groups in total. The summed E-state index contributed by atoms with van der Waals surface area (Å²) in [6.07, 6.45) is 0.358. The van der Waals surface area contributed by atoms with Crippen molar-refractivity contribution >= 4 is 22.8 Å². The Balaban J connectivity index is 2.96. The molecule has 0 amide bonds. The van der Waals surface area contributed by atoms with E-state index in [1.54, 1.807) is 0 Å². The third kappa shape index (κ3) is 2.22. The highest BCUT2D eigenvalue weighted by Crippen LogP contribution is 2.28. The fourth-order valence-electron chi connectivity index (χ4n) is 1.28. The van der Waals surface area contributed by atoms with Crippen molar-refractivity contribution in [3.8, 4) is 0 Å². The predicted molar refractivity (Wildman–Crippen MR) is 44.2 cm³/mol. The molecule has 1 aliphatic rings. The molecule has 0 aromatic rings. The van der Waals surface area contributed by atoms with Crippen LogP contribution in [0.4, 0.5) is 0 Å². The zero-order chi connectivity index (χ0) is 10.0. The number of aliphatic carboxylic acids is 1. The standard InChI is InChI=1S/C7H8O5S/c8-6-2-1-4(7(9)10)5(6)3-13(11)12/h3-4H,1-2H2,(H,9,10)(H,11,12)/t4-/m1/s1. The van der Waals surface area contributed by atoms with Crippen molar-refractivity contribution < 1.29 is 23.5 Å². The molecule has 0 saturated heterocycles. The van der Waals surface area contributed by atoms with E-state index < -0.39 is 23.0 Å². The molecule has 0 aromatic heterocycles. The minimum Gasteiger partial charge on any atom is -0.481 e. The number of Topliss-reactive ketones (excluding diaryl/α,β-unsaturated/α-hetero) is 1. The number of carbonyl (C=O) groups is 2. The van der Waals surface area contributed by atoms with Crippen molar-refractivity contribution in [3.63, 3.8) is 0 Å². The Morgan fingerprint density at radius 1 is 1.62 bits per heavy atom. The van der Waals surface area contributed by atoms with Crippen LogP contribution in [0.25, 0.3) is 0 Å². The summed E-state index contributed by atoms with van der Waals surface area (Å²) < 4.78 is 18.8. The summed E-state index contributed by atoms with van der Waals surface area (Å²) in [4.78, 5) is 21.6. The number of carboxylic acid groups (broad SMARTS) is 1. The van der Waals surface area contributed by atoms with Gasteiger partial charge in [-0.05, 0) is 6.42 Å². The summed E-state index contributed by atoms with van der Waals surface area (Å²) in [6.45, 7) is 0. The Bertz CT molecular complexity index is 306. The smallest absolute Gasteiger partial charge is 0.311 e. The van der Waals surface area contributed by atoms with Gasteiger partial charge in [0.05, 0.1) is 5.92 Å². The first-order valence-electron chi connectivity index (χ1n) is 3.59. The van der Waals surface area contributed by atoms with Crippen LogP contribution < -0.4 is 0 Å². The molecular formula is C7H8O5S. The highest BCUT2D eigenvalue weighted by molar-refractivity contribution is 7.82. The Morgan fingerprint density at radius 3 is 2.69 bits per heavy atom. The zero-order valence-electron chi connectivity index (χ0n) is 6.60. The lowest BCUT2D eigenvalue weighted by atomic mass is 10.1. The topological polar surface area (TPSA) is 91.7 Å². The molecule has 0 heterocycles. The van der Waals surface area contributed by atoms with Gasteiger partial charge in [0.1, 0.15) is 0 Å². The number of rotatable bonds is 2. The maximum atomic E-state index is 11.0. The minimum atomic E-state index is -2.26. The summed E-state index contributed by atoms with van der Waals surface area (Å²) in [5.74, 6) is -2.39. The maximum absolute atomic E-state index is 11.0. The van der Waals surface area contributed by atoms with Crippen LogP contribution in [-0.4, -0.2) is 25.6 Å². The molecule has 1 aliphatic carbocycles. The van der Waals surface area contributed by atoms with E-state index in [1.807, 2.05) is 0 Å². The summed E-state index contributed by atoms with van der Waals surface area (Å²) in [5, 5.41) is 9.44. The number of hydrogen-bond acceptors (Lipinski definition) is 3. The molecule has 1 saturated carbocycles. The van der Waals surface area contributed by atoms with Gasteiger partial charge in [-0.1, -0.05) is 0 Å². The Labute approximate surface area is 76.7 Å². The second-order valence-electron chi connectivity index (χ2n) is 2.70. The van der Waals surface area contributed by atoms with Crippen molar-refractivity contribution in [2.45, 2.75) is 12.8 Å². The maximum Gasteiger partial charge on any atom is 0.311 e. The highest BCUT2D eigenvalue weighted by Gasteiger charge is 2.34. The summed E-state index contributed by atoms with van der Waals surface area (Å²) in [5.41, 5.74) is -0.0478. The molecule has 13 heavy (non-hydrogen) atoms. The average molecular weight is 204 g/mol. The Morgan fingerprint density at radius 2 is 2.23 bits per heavy atom. The molecule has 0 spiro atoms. The molecule has 5 nitrogen and oxygen atoms in total. The molecule has 0 radical (unpaired) electrons. The van der Waals surface area contributed by atoms with Gasteiger partial charge in [-0.2, -0.15) is 0 Å². The van der Waals surface area contributed by atoms with E-state index in [0.29, 0.717) is 0 Å².